The van der Waals surface area contributed by atoms with Crippen molar-refractivity contribution >= 4 is 23.5 Å². The van der Waals surface area contributed by atoms with Crippen LogP contribution in [0.1, 0.15) is 24.2 Å². The Kier molecular flexibility index (Phi) is 5.85. The van der Waals surface area contributed by atoms with Crippen LogP contribution < -0.4 is 10.6 Å². The number of amides is 3. The van der Waals surface area contributed by atoms with E-state index in [1.165, 1.54) is 0 Å². The van der Waals surface area contributed by atoms with Gasteiger partial charge < -0.3 is 20.0 Å². The van der Waals surface area contributed by atoms with Crippen molar-refractivity contribution in [1.82, 2.24) is 15.2 Å². The summed E-state index contributed by atoms with van der Waals surface area (Å²) in [4.78, 5) is 41.9. The number of hydrogen-bond acceptors (Lipinski definition) is 5. The van der Waals surface area contributed by atoms with Gasteiger partial charge in [-0.25, -0.2) is 4.98 Å². The van der Waals surface area contributed by atoms with Crippen LogP contribution in [0.5, 0.6) is 0 Å². The summed E-state index contributed by atoms with van der Waals surface area (Å²) in [6.07, 6.45) is 3.53. The van der Waals surface area contributed by atoms with E-state index in [9.17, 15) is 14.4 Å². The van der Waals surface area contributed by atoms with Crippen LogP contribution >= 0.6 is 0 Å². The summed E-state index contributed by atoms with van der Waals surface area (Å²) in [5.41, 5.74) is 1.01. The number of carbonyl (C=O) groups is 3. The van der Waals surface area contributed by atoms with E-state index in [0.717, 1.165) is 5.56 Å². The van der Waals surface area contributed by atoms with Gasteiger partial charge in [-0.1, -0.05) is 6.07 Å². The average molecular weight is 370 g/mol. The van der Waals surface area contributed by atoms with Crippen molar-refractivity contribution in [2.45, 2.75) is 26.3 Å². The molecule has 1 aliphatic rings. The molecule has 0 radical (unpaired) electrons. The van der Waals surface area contributed by atoms with E-state index in [-0.39, 0.29) is 37.1 Å². The molecule has 1 unspecified atom stereocenters. The van der Waals surface area contributed by atoms with Gasteiger partial charge in [-0.05, 0) is 30.7 Å². The first-order valence-electron chi connectivity index (χ1n) is 8.81. The van der Waals surface area contributed by atoms with Gasteiger partial charge >= 0.3 is 0 Å². The number of nitrogens with one attached hydrogen (secondary N) is 2. The van der Waals surface area contributed by atoms with Gasteiger partial charge in [-0.15, -0.1) is 0 Å². The molecular formula is C19H22N4O4. The van der Waals surface area contributed by atoms with Crippen LogP contribution in [0.2, 0.25) is 0 Å². The molecule has 142 valence electrons. The monoisotopic (exact) mass is 370 g/mol. The fourth-order valence-electron chi connectivity index (χ4n) is 2.88. The summed E-state index contributed by atoms with van der Waals surface area (Å²) < 4.78 is 5.24. The lowest BCUT2D eigenvalue weighted by molar-refractivity contribution is -0.129. The molecule has 0 aromatic carbocycles. The first kappa shape index (κ1) is 18.6. The lowest BCUT2D eigenvalue weighted by Gasteiger charge is -2.15. The van der Waals surface area contributed by atoms with Crippen molar-refractivity contribution in [3.05, 3.63) is 48.0 Å². The fraction of sp³-hybridized carbons (Fsp3) is 0.368. The molecule has 0 saturated carbocycles. The molecule has 1 aliphatic heterocycles. The molecule has 1 fully saturated rings. The van der Waals surface area contributed by atoms with Crippen LogP contribution in [0.25, 0.3) is 0 Å². The van der Waals surface area contributed by atoms with Crippen molar-refractivity contribution in [3.8, 4) is 0 Å². The smallest absolute Gasteiger partial charge is 0.227 e. The Morgan fingerprint density at radius 1 is 1.33 bits per heavy atom. The zero-order valence-electron chi connectivity index (χ0n) is 15.1. The minimum absolute atomic E-state index is 0.0743. The van der Waals surface area contributed by atoms with Crippen molar-refractivity contribution in [2.75, 3.05) is 18.4 Å². The second kappa shape index (κ2) is 8.48. The SMILES string of the molecule is Cc1ccc(NC(=O)CCNC(=O)C2CC(=O)N(Cc3ccco3)C2)nc1. The first-order chi connectivity index (χ1) is 13.0. The highest BCUT2D eigenvalue weighted by Gasteiger charge is 2.34. The average Bonchev–Trinajstić information content (AvgIpc) is 3.27. The zero-order chi connectivity index (χ0) is 19.2. The number of pyridine rings is 1. The largest absolute Gasteiger partial charge is 0.467 e. The second-order valence-corrected chi connectivity index (χ2v) is 6.56. The molecule has 8 heteroatoms. The van der Waals surface area contributed by atoms with Gasteiger partial charge in [-0.2, -0.15) is 0 Å². The summed E-state index contributed by atoms with van der Waals surface area (Å²) in [5, 5.41) is 5.41. The van der Waals surface area contributed by atoms with Gasteiger partial charge in [0.25, 0.3) is 0 Å². The Labute approximate surface area is 156 Å². The summed E-state index contributed by atoms with van der Waals surface area (Å²) in [7, 11) is 0. The van der Waals surface area contributed by atoms with Gasteiger partial charge in [0, 0.05) is 32.1 Å². The van der Waals surface area contributed by atoms with Gasteiger partial charge in [0.1, 0.15) is 11.6 Å². The molecule has 2 N–H and O–H groups in total. The van der Waals surface area contributed by atoms with Crippen LogP contribution in [0.15, 0.2) is 41.1 Å². The lowest BCUT2D eigenvalue weighted by atomic mass is 10.1. The number of furan rings is 1. The highest BCUT2D eigenvalue weighted by molar-refractivity contribution is 5.91. The molecule has 27 heavy (non-hydrogen) atoms. The van der Waals surface area contributed by atoms with Crippen LogP contribution in [-0.4, -0.2) is 40.7 Å². The number of aryl methyl sites for hydroxylation is 1. The highest BCUT2D eigenvalue weighted by atomic mass is 16.3. The fourth-order valence-corrected chi connectivity index (χ4v) is 2.88. The van der Waals surface area contributed by atoms with E-state index in [2.05, 4.69) is 15.6 Å². The third-order valence-electron chi connectivity index (χ3n) is 4.34. The number of anilines is 1. The molecule has 3 amide bonds. The van der Waals surface area contributed by atoms with Gasteiger partial charge in [0.2, 0.25) is 17.7 Å². The molecule has 8 nitrogen and oxygen atoms in total. The molecular weight excluding hydrogens is 348 g/mol. The molecule has 3 rings (SSSR count). The minimum Gasteiger partial charge on any atom is -0.467 e. The van der Waals surface area contributed by atoms with E-state index in [0.29, 0.717) is 24.7 Å². The van der Waals surface area contributed by atoms with Crippen LogP contribution in [0.3, 0.4) is 0 Å². The standard InChI is InChI=1S/C19H22N4O4/c1-13-4-5-16(21-10-13)22-17(24)6-7-20-19(26)14-9-18(25)23(11-14)12-15-3-2-8-27-15/h2-5,8,10,14H,6-7,9,11-12H2,1H3,(H,20,26)(H,21,22,24). The summed E-state index contributed by atoms with van der Waals surface area (Å²) >= 11 is 0. The number of carbonyl (C=O) groups excluding carboxylic acids is 3. The van der Waals surface area contributed by atoms with E-state index in [1.807, 2.05) is 13.0 Å². The molecule has 0 spiro atoms. The van der Waals surface area contributed by atoms with Crippen LogP contribution in [0.4, 0.5) is 5.82 Å². The van der Waals surface area contributed by atoms with E-state index in [4.69, 9.17) is 4.42 Å². The number of aromatic nitrogens is 1. The van der Waals surface area contributed by atoms with Gasteiger partial charge in [0.05, 0.1) is 18.7 Å². The Balaban J connectivity index is 1.39. The Hall–Kier alpha value is -3.16. The van der Waals surface area contributed by atoms with Gasteiger partial charge in [-0.3, -0.25) is 14.4 Å². The predicted molar refractivity (Wildman–Crippen MR) is 97.5 cm³/mol. The normalized spacial score (nSPS) is 16.4. The predicted octanol–water partition coefficient (Wildman–Crippen LogP) is 1.48. The Bertz CT molecular complexity index is 802. The molecule has 1 atom stereocenters. The highest BCUT2D eigenvalue weighted by Crippen LogP contribution is 2.20. The maximum Gasteiger partial charge on any atom is 0.227 e. The van der Waals surface area contributed by atoms with Crippen LogP contribution in [0, 0.1) is 12.8 Å². The zero-order valence-corrected chi connectivity index (χ0v) is 15.1. The molecule has 2 aromatic rings. The van der Waals surface area contributed by atoms with E-state index in [1.54, 1.807) is 35.6 Å². The molecule has 0 aliphatic carbocycles. The van der Waals surface area contributed by atoms with Crippen molar-refractivity contribution < 1.29 is 18.8 Å². The third kappa shape index (κ3) is 5.16. The minimum atomic E-state index is -0.408. The summed E-state index contributed by atoms with van der Waals surface area (Å²) in [5.74, 6) is 0.238. The van der Waals surface area contributed by atoms with E-state index < -0.39 is 5.92 Å². The van der Waals surface area contributed by atoms with Crippen LogP contribution in [-0.2, 0) is 20.9 Å². The molecule has 0 bridgehead atoms. The lowest BCUT2D eigenvalue weighted by Crippen LogP contribution is -2.34. The number of rotatable bonds is 7. The topological polar surface area (TPSA) is 105 Å². The second-order valence-electron chi connectivity index (χ2n) is 6.56. The number of hydrogen-bond donors (Lipinski definition) is 2. The summed E-state index contributed by atoms with van der Waals surface area (Å²) in [6, 6.07) is 7.14. The maximum atomic E-state index is 12.3. The van der Waals surface area contributed by atoms with E-state index >= 15 is 0 Å². The maximum absolute atomic E-state index is 12.3. The number of likely N-dealkylation sites (tertiary alicyclic amines) is 1. The Morgan fingerprint density at radius 3 is 2.89 bits per heavy atom. The van der Waals surface area contributed by atoms with Crippen molar-refractivity contribution in [3.63, 3.8) is 0 Å². The van der Waals surface area contributed by atoms with Gasteiger partial charge in [0.15, 0.2) is 0 Å². The van der Waals surface area contributed by atoms with Crippen molar-refractivity contribution in [1.29, 1.82) is 0 Å². The molecule has 2 aromatic heterocycles. The quantitative estimate of drug-likeness (QED) is 0.768. The Morgan fingerprint density at radius 2 is 2.19 bits per heavy atom. The molecule has 3 heterocycles. The first-order valence-corrected chi connectivity index (χ1v) is 8.81. The number of nitrogens with zero attached hydrogens (tertiary/aromatic N) is 2. The van der Waals surface area contributed by atoms with Crippen molar-refractivity contribution in [2.24, 2.45) is 5.92 Å². The summed E-state index contributed by atoms with van der Waals surface area (Å²) in [6.45, 7) is 2.84. The third-order valence-corrected chi connectivity index (χ3v) is 4.34. The molecule has 1 saturated heterocycles.